The second-order valence-electron chi connectivity index (χ2n) is 6.02. The summed E-state index contributed by atoms with van der Waals surface area (Å²) < 4.78 is 32.0. The number of ether oxygens (including phenoxy) is 1. The molecular weight excluding hydrogens is 372 g/mol. The number of aromatic amines is 1. The fraction of sp³-hybridized carbons (Fsp3) is 0.263. The van der Waals surface area contributed by atoms with E-state index in [1.165, 1.54) is 0 Å². The first-order valence-corrected chi connectivity index (χ1v) is 8.19. The standard InChI is InChI=1S/C19H17F2N3O4/c1-9-11(10(2)23-18(26)13(9)8-22)4-5-17(25)24-16-6-12(19(27)28-3)14(20)7-15(16)21/h6-7H,4-5H2,1-3H3,(H,23,26)(H,24,25). The minimum absolute atomic E-state index is 0.0340. The molecule has 0 unspecified atom stereocenters. The van der Waals surface area contributed by atoms with Gasteiger partial charge in [-0.15, -0.1) is 0 Å². The molecule has 2 rings (SSSR count). The fourth-order valence-electron chi connectivity index (χ4n) is 2.78. The molecule has 146 valence electrons. The lowest BCUT2D eigenvalue weighted by atomic mass is 9.99. The highest BCUT2D eigenvalue weighted by Gasteiger charge is 2.18. The van der Waals surface area contributed by atoms with Gasteiger partial charge in [-0.3, -0.25) is 9.59 Å². The highest BCUT2D eigenvalue weighted by Crippen LogP contribution is 2.21. The maximum absolute atomic E-state index is 13.9. The van der Waals surface area contributed by atoms with E-state index < -0.39 is 34.6 Å². The van der Waals surface area contributed by atoms with Gasteiger partial charge in [0, 0.05) is 18.2 Å². The second kappa shape index (κ2) is 8.43. The number of aryl methyl sites for hydroxylation is 1. The summed E-state index contributed by atoms with van der Waals surface area (Å²) in [6.45, 7) is 3.25. The zero-order valence-electron chi connectivity index (χ0n) is 15.4. The molecule has 9 heteroatoms. The summed E-state index contributed by atoms with van der Waals surface area (Å²) in [5.74, 6) is -3.74. The van der Waals surface area contributed by atoms with Gasteiger partial charge in [0.05, 0.1) is 18.4 Å². The SMILES string of the molecule is COC(=O)c1cc(NC(=O)CCc2c(C)[nH]c(=O)c(C#N)c2C)c(F)cc1F. The maximum atomic E-state index is 13.9. The predicted molar refractivity (Wildman–Crippen MR) is 95.9 cm³/mol. The van der Waals surface area contributed by atoms with Gasteiger partial charge in [-0.2, -0.15) is 5.26 Å². The number of amides is 1. The van der Waals surface area contributed by atoms with Crippen LogP contribution in [0.25, 0.3) is 0 Å². The molecule has 1 amide bonds. The summed E-state index contributed by atoms with van der Waals surface area (Å²) in [5.41, 5.74) is 0.209. The molecule has 0 fully saturated rings. The lowest BCUT2D eigenvalue weighted by Gasteiger charge is -2.12. The van der Waals surface area contributed by atoms with E-state index in [2.05, 4.69) is 15.0 Å². The summed E-state index contributed by atoms with van der Waals surface area (Å²) >= 11 is 0. The van der Waals surface area contributed by atoms with Gasteiger partial charge in [0.25, 0.3) is 5.56 Å². The van der Waals surface area contributed by atoms with Crippen LogP contribution in [0, 0.1) is 36.8 Å². The molecular formula is C19H17F2N3O4. The number of nitrogens with one attached hydrogen (secondary N) is 2. The number of esters is 1. The summed E-state index contributed by atoms with van der Waals surface area (Å²) in [6.07, 6.45) is 0.0879. The van der Waals surface area contributed by atoms with E-state index in [0.717, 1.165) is 13.2 Å². The van der Waals surface area contributed by atoms with Crippen molar-refractivity contribution in [1.82, 2.24) is 4.98 Å². The van der Waals surface area contributed by atoms with Crippen molar-refractivity contribution in [1.29, 1.82) is 5.26 Å². The zero-order chi connectivity index (χ0) is 21.0. The average Bonchev–Trinajstić information content (AvgIpc) is 2.63. The fourth-order valence-corrected chi connectivity index (χ4v) is 2.78. The van der Waals surface area contributed by atoms with Crippen LogP contribution in [0.5, 0.6) is 0 Å². The van der Waals surface area contributed by atoms with Crippen LogP contribution >= 0.6 is 0 Å². The van der Waals surface area contributed by atoms with Gasteiger partial charge in [-0.05, 0) is 37.5 Å². The Morgan fingerprint density at radius 2 is 1.93 bits per heavy atom. The average molecular weight is 389 g/mol. The number of hydrogen-bond acceptors (Lipinski definition) is 5. The van der Waals surface area contributed by atoms with Gasteiger partial charge in [-0.1, -0.05) is 0 Å². The summed E-state index contributed by atoms with van der Waals surface area (Å²) in [5, 5.41) is 11.4. The number of halogens is 2. The number of anilines is 1. The number of nitriles is 1. The highest BCUT2D eigenvalue weighted by atomic mass is 19.1. The first kappa shape index (κ1) is 20.8. The number of hydrogen-bond donors (Lipinski definition) is 2. The number of pyridine rings is 1. The summed E-state index contributed by atoms with van der Waals surface area (Å²) in [4.78, 5) is 38.0. The third-order valence-corrected chi connectivity index (χ3v) is 4.26. The summed E-state index contributed by atoms with van der Waals surface area (Å²) in [7, 11) is 1.05. The monoisotopic (exact) mass is 389 g/mol. The molecule has 1 aromatic carbocycles. The van der Waals surface area contributed by atoms with Crippen molar-refractivity contribution in [3.05, 3.63) is 62.1 Å². The Kier molecular flexibility index (Phi) is 6.26. The third kappa shape index (κ3) is 4.23. The predicted octanol–water partition coefficient (Wildman–Crippen LogP) is 2.50. The number of carbonyl (C=O) groups is 2. The van der Waals surface area contributed by atoms with Crippen LogP contribution in [-0.2, 0) is 16.0 Å². The smallest absolute Gasteiger partial charge is 0.340 e. The number of H-pyrrole nitrogens is 1. The zero-order valence-corrected chi connectivity index (χ0v) is 15.4. The van der Waals surface area contributed by atoms with Crippen molar-refractivity contribution >= 4 is 17.6 Å². The Bertz CT molecular complexity index is 1050. The Morgan fingerprint density at radius 3 is 2.54 bits per heavy atom. The molecule has 0 saturated heterocycles. The first-order chi connectivity index (χ1) is 13.2. The molecule has 0 atom stereocenters. The largest absolute Gasteiger partial charge is 0.465 e. The van der Waals surface area contributed by atoms with Crippen LogP contribution in [0.4, 0.5) is 14.5 Å². The second-order valence-corrected chi connectivity index (χ2v) is 6.02. The molecule has 1 heterocycles. The van der Waals surface area contributed by atoms with E-state index in [4.69, 9.17) is 5.26 Å². The van der Waals surface area contributed by atoms with Crippen LogP contribution in [0.15, 0.2) is 16.9 Å². The van der Waals surface area contributed by atoms with E-state index in [0.29, 0.717) is 22.9 Å². The Balaban J connectivity index is 2.20. The molecule has 0 aliphatic carbocycles. The molecule has 28 heavy (non-hydrogen) atoms. The number of carbonyl (C=O) groups excluding carboxylic acids is 2. The lowest BCUT2D eigenvalue weighted by molar-refractivity contribution is -0.116. The van der Waals surface area contributed by atoms with Gasteiger partial charge in [0.1, 0.15) is 23.3 Å². The first-order valence-electron chi connectivity index (χ1n) is 8.19. The van der Waals surface area contributed by atoms with Gasteiger partial charge in [0.2, 0.25) is 5.91 Å². The van der Waals surface area contributed by atoms with Crippen molar-refractivity contribution < 1.29 is 23.1 Å². The Labute approximate surface area is 158 Å². The van der Waals surface area contributed by atoms with Gasteiger partial charge >= 0.3 is 5.97 Å². The van der Waals surface area contributed by atoms with Crippen LogP contribution < -0.4 is 10.9 Å². The van der Waals surface area contributed by atoms with E-state index in [-0.39, 0.29) is 24.1 Å². The van der Waals surface area contributed by atoms with Gasteiger partial charge in [0.15, 0.2) is 0 Å². The van der Waals surface area contributed by atoms with Crippen molar-refractivity contribution in [3.8, 4) is 6.07 Å². The van der Waals surface area contributed by atoms with Crippen LogP contribution in [0.3, 0.4) is 0 Å². The number of methoxy groups -OCH3 is 1. The third-order valence-electron chi connectivity index (χ3n) is 4.26. The van der Waals surface area contributed by atoms with Gasteiger partial charge < -0.3 is 15.0 Å². The van der Waals surface area contributed by atoms with Crippen molar-refractivity contribution in [3.63, 3.8) is 0 Å². The molecule has 0 spiro atoms. The lowest BCUT2D eigenvalue weighted by Crippen LogP contribution is -2.19. The van der Waals surface area contributed by atoms with Crippen molar-refractivity contribution in [2.45, 2.75) is 26.7 Å². The van der Waals surface area contributed by atoms with E-state index in [9.17, 15) is 23.2 Å². The molecule has 0 radical (unpaired) electrons. The Hall–Kier alpha value is -3.54. The van der Waals surface area contributed by atoms with Crippen LogP contribution in [0.1, 0.15) is 39.2 Å². The van der Waals surface area contributed by atoms with Gasteiger partial charge in [-0.25, -0.2) is 13.6 Å². The van der Waals surface area contributed by atoms with E-state index >= 15 is 0 Å². The highest BCUT2D eigenvalue weighted by molar-refractivity contribution is 5.95. The van der Waals surface area contributed by atoms with Crippen LogP contribution in [0.2, 0.25) is 0 Å². The molecule has 0 aliphatic rings. The quantitative estimate of drug-likeness (QED) is 0.763. The number of aromatic nitrogens is 1. The molecule has 2 aromatic rings. The minimum Gasteiger partial charge on any atom is -0.465 e. The summed E-state index contributed by atoms with van der Waals surface area (Å²) in [6, 6.07) is 3.16. The van der Waals surface area contributed by atoms with E-state index in [1.54, 1.807) is 13.8 Å². The molecule has 7 nitrogen and oxygen atoms in total. The molecule has 0 aliphatic heterocycles. The van der Waals surface area contributed by atoms with Crippen molar-refractivity contribution in [2.24, 2.45) is 0 Å². The Morgan fingerprint density at radius 1 is 1.25 bits per heavy atom. The van der Waals surface area contributed by atoms with E-state index in [1.807, 2.05) is 6.07 Å². The molecule has 0 saturated carbocycles. The normalized spacial score (nSPS) is 10.3. The molecule has 2 N–H and O–H groups in total. The number of nitrogens with zero attached hydrogens (tertiary/aromatic N) is 1. The number of benzene rings is 1. The molecule has 0 bridgehead atoms. The van der Waals surface area contributed by atoms with Crippen LogP contribution in [-0.4, -0.2) is 24.0 Å². The van der Waals surface area contributed by atoms with Crippen molar-refractivity contribution in [2.75, 3.05) is 12.4 Å². The minimum atomic E-state index is -1.11. The topological polar surface area (TPSA) is 112 Å². The number of rotatable bonds is 5. The molecule has 1 aromatic heterocycles. The maximum Gasteiger partial charge on any atom is 0.340 e.